The lowest BCUT2D eigenvalue weighted by Gasteiger charge is -2.14. The minimum atomic E-state index is -0.123. The Morgan fingerprint density at radius 2 is 1.81 bits per heavy atom. The quantitative estimate of drug-likeness (QED) is 0.854. The minimum Gasteiger partial charge on any atom is -0.322 e. The number of hydrogen-bond acceptors (Lipinski definition) is 3. The molecule has 0 aliphatic rings. The van der Waals surface area contributed by atoms with Gasteiger partial charge in [-0.05, 0) is 49.7 Å². The molecule has 0 fully saturated rings. The van der Waals surface area contributed by atoms with Crippen molar-refractivity contribution in [2.45, 2.75) is 26.3 Å². The Balaban J connectivity index is 1.98. The van der Waals surface area contributed by atoms with E-state index in [1.807, 2.05) is 24.3 Å². The van der Waals surface area contributed by atoms with E-state index >= 15 is 0 Å². The maximum atomic E-state index is 12.0. The molecule has 0 saturated heterocycles. The number of benzene rings is 1. The minimum absolute atomic E-state index is 0.123. The van der Waals surface area contributed by atoms with Crippen molar-refractivity contribution >= 4 is 11.6 Å². The molecule has 4 heteroatoms. The summed E-state index contributed by atoms with van der Waals surface area (Å²) in [5.41, 5.74) is 2.61. The first-order chi connectivity index (χ1) is 10.2. The highest BCUT2D eigenvalue weighted by molar-refractivity contribution is 6.04. The van der Waals surface area contributed by atoms with E-state index in [4.69, 9.17) is 0 Å². The summed E-state index contributed by atoms with van der Waals surface area (Å²) in [6.45, 7) is 5.29. The van der Waals surface area contributed by atoms with Crippen LogP contribution in [0.1, 0.15) is 42.2 Å². The number of nitrogens with zero attached hydrogens (tertiary/aromatic N) is 1. The van der Waals surface area contributed by atoms with Crippen LogP contribution in [0.25, 0.3) is 0 Å². The van der Waals surface area contributed by atoms with Crippen LogP contribution in [0.15, 0.2) is 48.8 Å². The SMILES string of the molecule is CCCNC(C)c1ccc(NC(=O)c2ccncc2)cc1. The molecule has 1 aromatic heterocycles. The van der Waals surface area contributed by atoms with E-state index in [2.05, 4.69) is 29.5 Å². The highest BCUT2D eigenvalue weighted by atomic mass is 16.1. The number of hydrogen-bond donors (Lipinski definition) is 2. The molecule has 0 spiro atoms. The van der Waals surface area contributed by atoms with Gasteiger partial charge in [0, 0.05) is 29.7 Å². The van der Waals surface area contributed by atoms with Crippen molar-refractivity contribution < 1.29 is 4.79 Å². The van der Waals surface area contributed by atoms with Crippen molar-refractivity contribution in [1.82, 2.24) is 10.3 Å². The molecule has 0 bridgehead atoms. The third kappa shape index (κ3) is 4.39. The Morgan fingerprint density at radius 3 is 2.43 bits per heavy atom. The van der Waals surface area contributed by atoms with Crippen LogP contribution in [0, 0.1) is 0 Å². The number of anilines is 1. The van der Waals surface area contributed by atoms with E-state index in [0.717, 1.165) is 18.7 Å². The van der Waals surface area contributed by atoms with E-state index in [9.17, 15) is 4.79 Å². The maximum absolute atomic E-state index is 12.0. The van der Waals surface area contributed by atoms with Crippen molar-refractivity contribution in [2.24, 2.45) is 0 Å². The molecule has 21 heavy (non-hydrogen) atoms. The molecule has 1 amide bonds. The first-order valence-corrected chi connectivity index (χ1v) is 7.25. The van der Waals surface area contributed by atoms with Crippen LogP contribution in [0.2, 0.25) is 0 Å². The van der Waals surface area contributed by atoms with E-state index in [0.29, 0.717) is 11.6 Å². The van der Waals surface area contributed by atoms with Crippen molar-refractivity contribution in [3.8, 4) is 0 Å². The summed E-state index contributed by atoms with van der Waals surface area (Å²) in [6, 6.07) is 11.6. The Bertz CT molecular complexity index is 566. The molecule has 1 heterocycles. The highest BCUT2D eigenvalue weighted by Gasteiger charge is 2.07. The summed E-state index contributed by atoms with van der Waals surface area (Å²) >= 11 is 0. The standard InChI is InChI=1S/C17H21N3O/c1-3-10-19-13(2)14-4-6-16(7-5-14)20-17(21)15-8-11-18-12-9-15/h4-9,11-13,19H,3,10H2,1-2H3,(H,20,21). The Hall–Kier alpha value is -2.20. The molecule has 110 valence electrons. The molecule has 0 saturated carbocycles. The van der Waals surface area contributed by atoms with Gasteiger partial charge in [-0.2, -0.15) is 0 Å². The van der Waals surface area contributed by atoms with Crippen LogP contribution in [-0.4, -0.2) is 17.4 Å². The molecule has 1 atom stereocenters. The van der Waals surface area contributed by atoms with Gasteiger partial charge >= 0.3 is 0 Å². The summed E-state index contributed by atoms with van der Waals surface area (Å²) in [6.07, 6.45) is 4.34. The zero-order valence-corrected chi connectivity index (χ0v) is 12.5. The zero-order chi connectivity index (χ0) is 15.1. The second kappa shape index (κ2) is 7.55. The summed E-state index contributed by atoms with van der Waals surface area (Å²) < 4.78 is 0. The van der Waals surface area contributed by atoms with Gasteiger partial charge in [0.15, 0.2) is 0 Å². The van der Waals surface area contributed by atoms with Crippen LogP contribution in [0.3, 0.4) is 0 Å². The fourth-order valence-electron chi connectivity index (χ4n) is 2.04. The van der Waals surface area contributed by atoms with Gasteiger partial charge in [0.2, 0.25) is 0 Å². The number of amides is 1. The molecule has 0 aliphatic heterocycles. The van der Waals surface area contributed by atoms with Crippen molar-refractivity contribution in [3.63, 3.8) is 0 Å². The second-order valence-electron chi connectivity index (χ2n) is 4.99. The van der Waals surface area contributed by atoms with Crippen LogP contribution < -0.4 is 10.6 Å². The summed E-state index contributed by atoms with van der Waals surface area (Å²) in [5, 5.41) is 6.32. The predicted molar refractivity (Wildman–Crippen MR) is 85.3 cm³/mol. The predicted octanol–water partition coefficient (Wildman–Crippen LogP) is 3.39. The van der Waals surface area contributed by atoms with Gasteiger partial charge in [-0.3, -0.25) is 9.78 Å². The van der Waals surface area contributed by atoms with Gasteiger partial charge in [0.1, 0.15) is 0 Å². The Labute approximate surface area is 125 Å². The Morgan fingerprint density at radius 1 is 1.14 bits per heavy atom. The van der Waals surface area contributed by atoms with Gasteiger partial charge < -0.3 is 10.6 Å². The van der Waals surface area contributed by atoms with Crippen molar-refractivity contribution in [3.05, 3.63) is 59.9 Å². The van der Waals surface area contributed by atoms with Gasteiger partial charge in [0.25, 0.3) is 5.91 Å². The van der Waals surface area contributed by atoms with Gasteiger partial charge in [-0.1, -0.05) is 19.1 Å². The summed E-state index contributed by atoms with van der Waals surface area (Å²) in [4.78, 5) is 15.9. The molecule has 0 radical (unpaired) electrons. The fourth-order valence-corrected chi connectivity index (χ4v) is 2.04. The average Bonchev–Trinajstić information content (AvgIpc) is 2.54. The third-order valence-electron chi connectivity index (χ3n) is 3.31. The number of carbonyl (C=O) groups is 1. The monoisotopic (exact) mass is 283 g/mol. The van der Waals surface area contributed by atoms with Crippen LogP contribution in [0.5, 0.6) is 0 Å². The number of rotatable bonds is 6. The number of aromatic nitrogens is 1. The Kier molecular flexibility index (Phi) is 5.46. The van der Waals surface area contributed by atoms with Crippen LogP contribution >= 0.6 is 0 Å². The van der Waals surface area contributed by atoms with Gasteiger partial charge in [-0.15, -0.1) is 0 Å². The highest BCUT2D eigenvalue weighted by Crippen LogP contribution is 2.16. The zero-order valence-electron chi connectivity index (χ0n) is 12.5. The molecule has 2 rings (SSSR count). The van der Waals surface area contributed by atoms with Crippen LogP contribution in [-0.2, 0) is 0 Å². The van der Waals surface area contributed by atoms with Gasteiger partial charge in [-0.25, -0.2) is 0 Å². The maximum Gasteiger partial charge on any atom is 0.255 e. The van der Waals surface area contributed by atoms with E-state index in [1.165, 1.54) is 5.56 Å². The topological polar surface area (TPSA) is 54.0 Å². The largest absolute Gasteiger partial charge is 0.322 e. The van der Waals surface area contributed by atoms with Crippen molar-refractivity contribution in [1.29, 1.82) is 0 Å². The van der Waals surface area contributed by atoms with E-state index < -0.39 is 0 Å². The number of nitrogens with one attached hydrogen (secondary N) is 2. The molecule has 1 aromatic carbocycles. The molecule has 4 nitrogen and oxygen atoms in total. The second-order valence-corrected chi connectivity index (χ2v) is 4.99. The lowest BCUT2D eigenvalue weighted by Crippen LogP contribution is -2.19. The summed E-state index contributed by atoms with van der Waals surface area (Å²) in [5.74, 6) is -0.123. The number of carbonyl (C=O) groups excluding carboxylic acids is 1. The normalized spacial score (nSPS) is 11.9. The molecule has 2 aromatic rings. The molecular weight excluding hydrogens is 262 g/mol. The first kappa shape index (κ1) is 15.2. The van der Waals surface area contributed by atoms with Crippen molar-refractivity contribution in [2.75, 3.05) is 11.9 Å². The van der Waals surface area contributed by atoms with Crippen LogP contribution in [0.4, 0.5) is 5.69 Å². The lowest BCUT2D eigenvalue weighted by molar-refractivity contribution is 0.102. The molecular formula is C17H21N3O. The first-order valence-electron chi connectivity index (χ1n) is 7.25. The van der Waals surface area contributed by atoms with Gasteiger partial charge in [0.05, 0.1) is 0 Å². The van der Waals surface area contributed by atoms with E-state index in [1.54, 1.807) is 24.5 Å². The average molecular weight is 283 g/mol. The lowest BCUT2D eigenvalue weighted by atomic mass is 10.1. The number of pyridine rings is 1. The third-order valence-corrected chi connectivity index (χ3v) is 3.31. The molecule has 0 aliphatic carbocycles. The molecule has 2 N–H and O–H groups in total. The fraction of sp³-hybridized carbons (Fsp3) is 0.294. The van der Waals surface area contributed by atoms with E-state index in [-0.39, 0.29) is 5.91 Å². The summed E-state index contributed by atoms with van der Waals surface area (Å²) in [7, 11) is 0. The molecule has 1 unspecified atom stereocenters. The smallest absolute Gasteiger partial charge is 0.255 e.